The normalized spacial score (nSPS) is 24.3. The molecule has 0 spiro atoms. The molecule has 2 aliphatic rings. The second-order valence-electron chi connectivity index (χ2n) is 7.44. The van der Waals surface area contributed by atoms with Gasteiger partial charge in [-0.15, -0.1) is 0 Å². The van der Waals surface area contributed by atoms with Crippen LogP contribution in [0.3, 0.4) is 0 Å². The Hall–Kier alpha value is -2.34. The monoisotopic (exact) mass is 355 g/mol. The van der Waals surface area contributed by atoms with Gasteiger partial charge in [0.05, 0.1) is 11.7 Å². The van der Waals surface area contributed by atoms with Crippen LogP contribution in [-0.2, 0) is 16.6 Å². The van der Waals surface area contributed by atoms with E-state index >= 15 is 0 Å². The minimum absolute atomic E-state index is 0.0994. The van der Waals surface area contributed by atoms with Crippen LogP contribution in [0.1, 0.15) is 36.0 Å². The van der Waals surface area contributed by atoms with Gasteiger partial charge in [0, 0.05) is 37.2 Å². The molecule has 1 aromatic heterocycles. The first-order valence-corrected chi connectivity index (χ1v) is 9.32. The van der Waals surface area contributed by atoms with Gasteiger partial charge in [0.2, 0.25) is 5.91 Å². The van der Waals surface area contributed by atoms with Crippen molar-refractivity contribution >= 4 is 22.7 Å². The van der Waals surface area contributed by atoms with Gasteiger partial charge >= 0.3 is 0 Å². The number of primary amides is 1. The predicted molar refractivity (Wildman–Crippen MR) is 98.6 cm³/mol. The van der Waals surface area contributed by atoms with E-state index in [-0.39, 0.29) is 17.9 Å². The molecule has 1 aromatic carbocycles. The number of fused-ring (bicyclic) bond motifs is 1. The molecule has 2 N–H and O–H groups in total. The molecule has 0 saturated carbocycles. The molecule has 6 heteroatoms. The average Bonchev–Trinajstić information content (AvgIpc) is 3.27. The van der Waals surface area contributed by atoms with Gasteiger partial charge in [-0.25, -0.2) is 0 Å². The molecule has 2 aromatic rings. The molecule has 138 valence electrons. The predicted octanol–water partition coefficient (Wildman–Crippen LogP) is 2.06. The van der Waals surface area contributed by atoms with Gasteiger partial charge in [0.25, 0.3) is 5.91 Å². The van der Waals surface area contributed by atoms with Crippen LogP contribution in [0.2, 0.25) is 0 Å². The number of likely N-dealkylation sites (tertiary alicyclic amines) is 1. The fourth-order valence-corrected chi connectivity index (χ4v) is 4.38. The number of nitrogens with zero attached hydrogens (tertiary/aromatic N) is 2. The molecule has 0 radical (unpaired) electrons. The van der Waals surface area contributed by atoms with Crippen molar-refractivity contribution in [2.45, 2.75) is 37.9 Å². The smallest absolute Gasteiger partial charge is 0.256 e. The number of para-hydroxylation sites is 1. The lowest BCUT2D eigenvalue weighted by molar-refractivity contribution is -0.130. The second-order valence-corrected chi connectivity index (χ2v) is 7.44. The van der Waals surface area contributed by atoms with Crippen molar-refractivity contribution in [3.8, 4) is 0 Å². The van der Waals surface area contributed by atoms with E-state index in [9.17, 15) is 9.59 Å². The minimum atomic E-state index is -0.435. The molecule has 0 unspecified atom stereocenters. The number of aromatic nitrogens is 1. The average molecular weight is 355 g/mol. The Balaban J connectivity index is 1.42. The van der Waals surface area contributed by atoms with Gasteiger partial charge < -0.3 is 19.9 Å². The summed E-state index contributed by atoms with van der Waals surface area (Å²) in [6.07, 6.45) is 5.01. The standard InChI is InChI=1S/C20H25N3O3/c1-22-12-15(14-4-2-3-5-16(14)22)20(25)23-10-8-13(9-11-23)17-6-7-18(26-17)19(21)24/h2-5,12-13,17-18H,6-11H2,1H3,(H2,21,24)/t17-,18+/m0/s1. The SMILES string of the molecule is Cn1cc(C(=O)N2CCC([C@@H]3CC[C@H](C(N)=O)O3)CC2)c2ccccc21. The van der Waals surface area contributed by atoms with Crippen LogP contribution in [0.25, 0.3) is 10.9 Å². The summed E-state index contributed by atoms with van der Waals surface area (Å²) in [5.41, 5.74) is 7.19. The molecular weight excluding hydrogens is 330 g/mol. The molecule has 2 fully saturated rings. The molecule has 4 rings (SSSR count). The topological polar surface area (TPSA) is 77.6 Å². The maximum absolute atomic E-state index is 13.0. The van der Waals surface area contributed by atoms with Crippen LogP contribution >= 0.6 is 0 Å². The van der Waals surface area contributed by atoms with Crippen molar-refractivity contribution in [3.63, 3.8) is 0 Å². The number of hydrogen-bond donors (Lipinski definition) is 1. The zero-order valence-electron chi connectivity index (χ0n) is 15.1. The molecule has 3 heterocycles. The van der Waals surface area contributed by atoms with Gasteiger partial charge in [0.15, 0.2) is 0 Å². The van der Waals surface area contributed by atoms with Crippen molar-refractivity contribution < 1.29 is 14.3 Å². The summed E-state index contributed by atoms with van der Waals surface area (Å²) in [7, 11) is 1.97. The summed E-state index contributed by atoms with van der Waals surface area (Å²) in [5.74, 6) is 0.134. The number of amides is 2. The molecule has 6 nitrogen and oxygen atoms in total. The third-order valence-corrected chi connectivity index (χ3v) is 5.85. The van der Waals surface area contributed by atoms with Crippen LogP contribution in [0.4, 0.5) is 0 Å². The van der Waals surface area contributed by atoms with Crippen LogP contribution in [0.5, 0.6) is 0 Å². The lowest BCUT2D eigenvalue weighted by Crippen LogP contribution is -2.41. The first-order valence-electron chi connectivity index (χ1n) is 9.32. The van der Waals surface area contributed by atoms with Crippen LogP contribution < -0.4 is 5.73 Å². The highest BCUT2D eigenvalue weighted by Gasteiger charge is 2.36. The minimum Gasteiger partial charge on any atom is -0.367 e. The fourth-order valence-electron chi connectivity index (χ4n) is 4.38. The maximum Gasteiger partial charge on any atom is 0.256 e. The van der Waals surface area contributed by atoms with Gasteiger partial charge in [-0.05, 0) is 37.7 Å². The first kappa shape index (κ1) is 17.1. The number of carbonyl (C=O) groups is 2. The summed E-state index contributed by atoms with van der Waals surface area (Å²) in [6, 6.07) is 8.00. The van der Waals surface area contributed by atoms with Crippen molar-refractivity contribution in [2.24, 2.45) is 18.7 Å². The van der Waals surface area contributed by atoms with Gasteiger partial charge in [-0.1, -0.05) is 18.2 Å². The number of rotatable bonds is 3. The third-order valence-electron chi connectivity index (χ3n) is 5.85. The Labute approximate surface area is 152 Å². The summed E-state index contributed by atoms with van der Waals surface area (Å²) >= 11 is 0. The molecule has 2 amide bonds. The van der Waals surface area contributed by atoms with Gasteiger partial charge in [-0.2, -0.15) is 0 Å². The van der Waals surface area contributed by atoms with Crippen molar-refractivity contribution in [3.05, 3.63) is 36.0 Å². The molecule has 2 aliphatic heterocycles. The highest BCUT2D eigenvalue weighted by atomic mass is 16.5. The quantitative estimate of drug-likeness (QED) is 0.915. The largest absolute Gasteiger partial charge is 0.367 e. The molecule has 2 atom stereocenters. The summed E-state index contributed by atoms with van der Waals surface area (Å²) in [5, 5.41) is 1.01. The Morgan fingerprint density at radius 2 is 1.85 bits per heavy atom. The number of benzene rings is 1. The Kier molecular flexibility index (Phi) is 4.44. The summed E-state index contributed by atoms with van der Waals surface area (Å²) in [4.78, 5) is 26.2. The molecule has 2 saturated heterocycles. The molecule has 26 heavy (non-hydrogen) atoms. The summed E-state index contributed by atoms with van der Waals surface area (Å²) < 4.78 is 7.83. The molecular formula is C20H25N3O3. The number of nitrogens with two attached hydrogens (primary N) is 1. The molecule has 0 bridgehead atoms. The zero-order chi connectivity index (χ0) is 18.3. The van der Waals surface area contributed by atoms with Crippen molar-refractivity contribution in [1.82, 2.24) is 9.47 Å². The van der Waals surface area contributed by atoms with Gasteiger partial charge in [-0.3, -0.25) is 9.59 Å². The number of carbonyl (C=O) groups excluding carboxylic acids is 2. The number of ether oxygens (including phenoxy) is 1. The van der Waals surface area contributed by atoms with E-state index in [4.69, 9.17) is 10.5 Å². The Morgan fingerprint density at radius 3 is 2.54 bits per heavy atom. The lowest BCUT2D eigenvalue weighted by Gasteiger charge is -2.34. The van der Waals surface area contributed by atoms with E-state index in [0.29, 0.717) is 5.92 Å². The van der Waals surface area contributed by atoms with E-state index in [1.54, 1.807) is 0 Å². The van der Waals surface area contributed by atoms with E-state index in [0.717, 1.165) is 55.2 Å². The third kappa shape index (κ3) is 2.98. The van der Waals surface area contributed by atoms with E-state index in [1.807, 2.05) is 47.0 Å². The first-order chi connectivity index (χ1) is 12.5. The van der Waals surface area contributed by atoms with Crippen LogP contribution in [0.15, 0.2) is 30.5 Å². The molecule has 0 aliphatic carbocycles. The van der Waals surface area contributed by atoms with Crippen LogP contribution in [0, 0.1) is 5.92 Å². The van der Waals surface area contributed by atoms with E-state index in [2.05, 4.69) is 0 Å². The fraction of sp³-hybridized carbons (Fsp3) is 0.500. The lowest BCUT2D eigenvalue weighted by atomic mass is 9.89. The number of aryl methyl sites for hydroxylation is 1. The van der Waals surface area contributed by atoms with Crippen molar-refractivity contribution in [2.75, 3.05) is 13.1 Å². The number of piperidine rings is 1. The number of hydrogen-bond acceptors (Lipinski definition) is 3. The van der Waals surface area contributed by atoms with E-state index < -0.39 is 6.10 Å². The van der Waals surface area contributed by atoms with Crippen molar-refractivity contribution in [1.29, 1.82) is 0 Å². The highest BCUT2D eigenvalue weighted by Crippen LogP contribution is 2.32. The van der Waals surface area contributed by atoms with Crippen LogP contribution in [-0.4, -0.2) is 46.6 Å². The maximum atomic E-state index is 13.0. The Bertz CT molecular complexity index is 836. The highest BCUT2D eigenvalue weighted by molar-refractivity contribution is 6.07. The van der Waals surface area contributed by atoms with Gasteiger partial charge in [0.1, 0.15) is 6.10 Å². The second kappa shape index (κ2) is 6.76. The zero-order valence-corrected chi connectivity index (χ0v) is 15.1. The summed E-state index contributed by atoms with van der Waals surface area (Å²) in [6.45, 7) is 1.46. The van der Waals surface area contributed by atoms with E-state index in [1.165, 1.54) is 0 Å². The Morgan fingerprint density at radius 1 is 1.12 bits per heavy atom.